The van der Waals surface area contributed by atoms with Crippen molar-refractivity contribution in [2.24, 2.45) is 0 Å². The van der Waals surface area contributed by atoms with Crippen molar-refractivity contribution in [2.75, 3.05) is 0 Å². The second kappa shape index (κ2) is 5.83. The van der Waals surface area contributed by atoms with Crippen LogP contribution in [0.15, 0.2) is 18.2 Å². The maximum absolute atomic E-state index is 9.15. The van der Waals surface area contributed by atoms with E-state index in [0.717, 1.165) is 6.42 Å². The molecule has 0 aliphatic carbocycles. The van der Waals surface area contributed by atoms with Crippen LogP contribution in [-0.4, -0.2) is 9.78 Å². The minimum atomic E-state index is 0.296. The standard InChI is InChI=1S/C13H10Cl3N3/c1-2-3-12-9(7-17)13(16)19(18-12)8-4-5-10(14)11(15)6-8/h4-6H,2-3H2,1H3. The first-order valence-corrected chi connectivity index (χ1v) is 6.84. The molecule has 0 aliphatic rings. The summed E-state index contributed by atoms with van der Waals surface area (Å²) < 4.78 is 1.51. The second-order valence-electron chi connectivity index (χ2n) is 3.98. The Balaban J connectivity index is 2.56. The lowest BCUT2D eigenvalue weighted by molar-refractivity contribution is 0.806. The minimum absolute atomic E-state index is 0.296. The van der Waals surface area contributed by atoms with Gasteiger partial charge < -0.3 is 0 Å². The van der Waals surface area contributed by atoms with Gasteiger partial charge in [-0.2, -0.15) is 10.4 Å². The molecule has 3 nitrogen and oxygen atoms in total. The molecule has 1 aromatic carbocycles. The predicted molar refractivity (Wildman–Crippen MR) is 77.3 cm³/mol. The lowest BCUT2D eigenvalue weighted by atomic mass is 10.2. The number of hydrogen-bond acceptors (Lipinski definition) is 2. The summed E-state index contributed by atoms with van der Waals surface area (Å²) in [5.41, 5.74) is 1.79. The second-order valence-corrected chi connectivity index (χ2v) is 5.16. The van der Waals surface area contributed by atoms with Crippen molar-refractivity contribution in [3.05, 3.63) is 44.7 Å². The van der Waals surface area contributed by atoms with E-state index in [0.29, 0.717) is 38.6 Å². The molecule has 19 heavy (non-hydrogen) atoms. The smallest absolute Gasteiger partial charge is 0.150 e. The zero-order valence-electron chi connectivity index (χ0n) is 10.1. The lowest BCUT2D eigenvalue weighted by Crippen LogP contribution is -1.97. The summed E-state index contributed by atoms with van der Waals surface area (Å²) in [4.78, 5) is 0. The van der Waals surface area contributed by atoms with E-state index < -0.39 is 0 Å². The van der Waals surface area contributed by atoms with Gasteiger partial charge >= 0.3 is 0 Å². The van der Waals surface area contributed by atoms with Crippen LogP contribution in [0, 0.1) is 11.3 Å². The summed E-state index contributed by atoms with van der Waals surface area (Å²) >= 11 is 18.0. The van der Waals surface area contributed by atoms with Gasteiger partial charge in [-0.1, -0.05) is 48.1 Å². The van der Waals surface area contributed by atoms with Crippen molar-refractivity contribution >= 4 is 34.8 Å². The third-order valence-electron chi connectivity index (χ3n) is 2.65. The van der Waals surface area contributed by atoms with Gasteiger partial charge in [-0.3, -0.25) is 0 Å². The highest BCUT2D eigenvalue weighted by molar-refractivity contribution is 6.42. The van der Waals surface area contributed by atoms with Crippen molar-refractivity contribution in [3.63, 3.8) is 0 Å². The number of halogens is 3. The highest BCUT2D eigenvalue weighted by atomic mass is 35.5. The summed E-state index contributed by atoms with van der Waals surface area (Å²) in [7, 11) is 0. The van der Waals surface area contributed by atoms with Crippen molar-refractivity contribution in [1.82, 2.24) is 9.78 Å². The minimum Gasteiger partial charge on any atom is -0.220 e. The van der Waals surface area contributed by atoms with E-state index in [1.54, 1.807) is 18.2 Å². The van der Waals surface area contributed by atoms with Crippen LogP contribution in [0.3, 0.4) is 0 Å². The number of hydrogen-bond donors (Lipinski definition) is 0. The van der Waals surface area contributed by atoms with Crippen LogP contribution < -0.4 is 0 Å². The van der Waals surface area contributed by atoms with Crippen molar-refractivity contribution in [1.29, 1.82) is 5.26 Å². The highest BCUT2D eigenvalue weighted by Crippen LogP contribution is 2.28. The van der Waals surface area contributed by atoms with Crippen molar-refractivity contribution < 1.29 is 0 Å². The van der Waals surface area contributed by atoms with E-state index >= 15 is 0 Å². The Bertz CT molecular complexity index is 656. The summed E-state index contributed by atoms with van der Waals surface area (Å²) in [6.07, 6.45) is 1.60. The average Bonchev–Trinajstić information content (AvgIpc) is 2.70. The first-order valence-electron chi connectivity index (χ1n) is 5.71. The van der Waals surface area contributed by atoms with Gasteiger partial charge in [0.2, 0.25) is 0 Å². The Morgan fingerprint density at radius 3 is 2.58 bits per heavy atom. The van der Waals surface area contributed by atoms with Crippen LogP contribution in [0.5, 0.6) is 0 Å². The van der Waals surface area contributed by atoms with Crippen LogP contribution in [0.25, 0.3) is 5.69 Å². The fraction of sp³-hybridized carbons (Fsp3) is 0.231. The molecular formula is C13H10Cl3N3. The summed E-state index contributed by atoms with van der Waals surface area (Å²) in [5.74, 6) is 0. The van der Waals surface area contributed by atoms with Gasteiger partial charge in [0.1, 0.15) is 11.6 Å². The molecule has 2 rings (SSSR count). The molecule has 0 bridgehead atoms. The Labute approximate surface area is 126 Å². The van der Waals surface area contributed by atoms with Gasteiger partial charge in [0.05, 0.1) is 21.4 Å². The summed E-state index contributed by atoms with van der Waals surface area (Å²) in [5, 5.41) is 14.7. The molecular weight excluding hydrogens is 305 g/mol. The van der Waals surface area contributed by atoms with Gasteiger partial charge in [-0.05, 0) is 24.6 Å². The molecule has 1 heterocycles. The van der Waals surface area contributed by atoms with Gasteiger partial charge in [0.25, 0.3) is 0 Å². The van der Waals surface area contributed by atoms with Crippen LogP contribution in [-0.2, 0) is 6.42 Å². The van der Waals surface area contributed by atoms with Gasteiger partial charge in [-0.15, -0.1) is 0 Å². The Kier molecular flexibility index (Phi) is 4.36. The number of aryl methyl sites for hydroxylation is 1. The van der Waals surface area contributed by atoms with E-state index in [9.17, 15) is 0 Å². The van der Waals surface area contributed by atoms with E-state index in [-0.39, 0.29) is 0 Å². The molecule has 1 aromatic heterocycles. The molecule has 98 valence electrons. The zero-order valence-corrected chi connectivity index (χ0v) is 12.4. The predicted octanol–water partition coefficient (Wildman–Crippen LogP) is 4.66. The SMILES string of the molecule is CCCc1nn(-c2ccc(Cl)c(Cl)c2)c(Cl)c1C#N. The van der Waals surface area contributed by atoms with Gasteiger partial charge in [0.15, 0.2) is 5.15 Å². The van der Waals surface area contributed by atoms with Crippen molar-refractivity contribution in [2.45, 2.75) is 19.8 Å². The van der Waals surface area contributed by atoms with Gasteiger partial charge in [0, 0.05) is 0 Å². The van der Waals surface area contributed by atoms with Crippen molar-refractivity contribution in [3.8, 4) is 11.8 Å². The Morgan fingerprint density at radius 1 is 1.26 bits per heavy atom. The molecule has 6 heteroatoms. The number of rotatable bonds is 3. The zero-order chi connectivity index (χ0) is 14.0. The molecule has 2 aromatic rings. The molecule has 0 atom stereocenters. The first-order chi connectivity index (χ1) is 9.08. The van der Waals surface area contributed by atoms with E-state index in [1.807, 2.05) is 6.92 Å². The number of benzene rings is 1. The van der Waals surface area contributed by atoms with Gasteiger partial charge in [-0.25, -0.2) is 4.68 Å². The average molecular weight is 315 g/mol. The maximum Gasteiger partial charge on any atom is 0.150 e. The number of aromatic nitrogens is 2. The molecule has 0 N–H and O–H groups in total. The Hall–Kier alpha value is -1.21. The molecule has 0 unspecified atom stereocenters. The molecule has 0 amide bonds. The fourth-order valence-corrected chi connectivity index (χ4v) is 2.33. The number of nitrogens with zero attached hydrogens (tertiary/aromatic N) is 3. The van der Waals surface area contributed by atoms with Crippen LogP contribution in [0.2, 0.25) is 15.2 Å². The third kappa shape index (κ3) is 2.71. The lowest BCUT2D eigenvalue weighted by Gasteiger charge is -2.04. The monoisotopic (exact) mass is 313 g/mol. The Morgan fingerprint density at radius 2 is 2.00 bits per heavy atom. The molecule has 0 saturated carbocycles. The first kappa shape index (κ1) is 14.2. The molecule has 0 spiro atoms. The van der Waals surface area contributed by atoms with E-state index in [2.05, 4.69) is 11.2 Å². The topological polar surface area (TPSA) is 41.6 Å². The molecule has 0 radical (unpaired) electrons. The van der Waals surface area contributed by atoms with Crippen LogP contribution >= 0.6 is 34.8 Å². The third-order valence-corrected chi connectivity index (χ3v) is 3.74. The van der Waals surface area contributed by atoms with Crippen LogP contribution in [0.4, 0.5) is 0 Å². The number of nitriles is 1. The highest BCUT2D eigenvalue weighted by Gasteiger charge is 2.17. The largest absolute Gasteiger partial charge is 0.220 e. The molecule has 0 fully saturated rings. The van der Waals surface area contributed by atoms with E-state index in [1.165, 1.54) is 4.68 Å². The molecule has 0 saturated heterocycles. The van der Waals surface area contributed by atoms with Crippen LogP contribution in [0.1, 0.15) is 24.6 Å². The summed E-state index contributed by atoms with van der Waals surface area (Å²) in [6.45, 7) is 2.02. The van der Waals surface area contributed by atoms with E-state index in [4.69, 9.17) is 40.1 Å². The summed E-state index contributed by atoms with van der Waals surface area (Å²) in [6, 6.07) is 7.18. The normalized spacial score (nSPS) is 10.5. The maximum atomic E-state index is 9.15. The fourth-order valence-electron chi connectivity index (χ4n) is 1.75. The quantitative estimate of drug-likeness (QED) is 0.827. The molecule has 0 aliphatic heterocycles.